The van der Waals surface area contributed by atoms with E-state index in [-0.39, 0.29) is 0 Å². The number of benzene rings is 1. The van der Waals surface area contributed by atoms with Gasteiger partial charge in [-0.15, -0.1) is 0 Å². The summed E-state index contributed by atoms with van der Waals surface area (Å²) in [6, 6.07) is 6.55. The van der Waals surface area contributed by atoms with Crippen molar-refractivity contribution in [2.24, 2.45) is 0 Å². The zero-order valence-electron chi connectivity index (χ0n) is 10.9. The van der Waals surface area contributed by atoms with Crippen molar-refractivity contribution >= 4 is 0 Å². The fourth-order valence-electron chi connectivity index (χ4n) is 1.95. The van der Waals surface area contributed by atoms with E-state index >= 15 is 0 Å². The molecule has 0 aliphatic carbocycles. The van der Waals surface area contributed by atoms with Crippen molar-refractivity contribution in [3.05, 3.63) is 24.3 Å². The molecule has 7 heteroatoms. The number of hydrogen-bond acceptors (Lipinski definition) is 7. The van der Waals surface area contributed by atoms with Crippen LogP contribution in [0, 0.1) is 0 Å². The molecule has 1 unspecified atom stereocenters. The molecule has 0 radical (unpaired) electrons. The minimum atomic E-state index is -1.45. The first-order valence-electron chi connectivity index (χ1n) is 6.18. The first kappa shape index (κ1) is 15.0. The predicted octanol–water partition coefficient (Wildman–Crippen LogP) is -1.13. The molecule has 1 saturated heterocycles. The maximum absolute atomic E-state index is 9.82. The lowest BCUT2D eigenvalue weighted by Gasteiger charge is -2.39. The van der Waals surface area contributed by atoms with Crippen LogP contribution in [-0.2, 0) is 4.74 Å². The van der Waals surface area contributed by atoms with Crippen molar-refractivity contribution in [3.63, 3.8) is 0 Å². The van der Waals surface area contributed by atoms with Crippen LogP contribution >= 0.6 is 0 Å². The molecule has 1 aromatic carbocycles. The summed E-state index contributed by atoms with van der Waals surface area (Å²) in [6.07, 6.45) is -6.44. The van der Waals surface area contributed by atoms with Gasteiger partial charge < -0.3 is 34.6 Å². The highest BCUT2D eigenvalue weighted by molar-refractivity contribution is 5.31. The molecule has 5 atom stereocenters. The second-order valence-electron chi connectivity index (χ2n) is 4.49. The second kappa shape index (κ2) is 6.38. The van der Waals surface area contributed by atoms with Gasteiger partial charge in [-0.1, -0.05) is 0 Å². The molecule has 2 rings (SSSR count). The normalized spacial score (nSPS) is 33.8. The zero-order valence-corrected chi connectivity index (χ0v) is 10.9. The summed E-state index contributed by atoms with van der Waals surface area (Å²) in [4.78, 5) is 0. The lowest BCUT2D eigenvalue weighted by molar-refractivity contribution is -0.277. The zero-order chi connectivity index (χ0) is 14.7. The quantitative estimate of drug-likeness (QED) is 0.555. The molecule has 0 saturated carbocycles. The molecular formula is C13H18O7. The Morgan fingerprint density at radius 1 is 1.00 bits per heavy atom. The van der Waals surface area contributed by atoms with Gasteiger partial charge in [0.1, 0.15) is 35.9 Å². The summed E-state index contributed by atoms with van der Waals surface area (Å²) < 4.78 is 15.6. The Bertz CT molecular complexity index is 419. The third kappa shape index (κ3) is 3.02. The summed E-state index contributed by atoms with van der Waals surface area (Å²) in [7, 11) is 1.54. The summed E-state index contributed by atoms with van der Waals surface area (Å²) >= 11 is 0. The molecule has 1 aliphatic rings. The van der Waals surface area contributed by atoms with Crippen LogP contribution in [0.2, 0.25) is 0 Å². The second-order valence-corrected chi connectivity index (χ2v) is 4.49. The van der Waals surface area contributed by atoms with Crippen molar-refractivity contribution in [1.29, 1.82) is 0 Å². The first-order chi connectivity index (χ1) is 9.56. The average Bonchev–Trinajstić information content (AvgIpc) is 2.48. The van der Waals surface area contributed by atoms with Gasteiger partial charge in [0, 0.05) is 0 Å². The van der Waals surface area contributed by atoms with E-state index in [1.165, 1.54) is 7.11 Å². The molecule has 1 aromatic rings. The molecule has 0 amide bonds. The van der Waals surface area contributed by atoms with Crippen molar-refractivity contribution in [2.75, 3.05) is 13.7 Å². The van der Waals surface area contributed by atoms with Crippen LogP contribution in [0.15, 0.2) is 24.3 Å². The highest BCUT2D eigenvalue weighted by atomic mass is 16.7. The highest BCUT2D eigenvalue weighted by Gasteiger charge is 2.44. The minimum absolute atomic E-state index is 0.398. The van der Waals surface area contributed by atoms with Crippen molar-refractivity contribution in [3.8, 4) is 11.5 Å². The van der Waals surface area contributed by atoms with Crippen LogP contribution in [0.1, 0.15) is 0 Å². The fourth-order valence-corrected chi connectivity index (χ4v) is 1.95. The van der Waals surface area contributed by atoms with Gasteiger partial charge in [0.25, 0.3) is 0 Å². The Kier molecular flexibility index (Phi) is 4.79. The number of aliphatic hydroxyl groups is 4. The molecule has 1 aliphatic heterocycles. The van der Waals surface area contributed by atoms with Crippen LogP contribution in [0.25, 0.3) is 0 Å². The third-order valence-electron chi connectivity index (χ3n) is 3.16. The van der Waals surface area contributed by atoms with E-state index in [0.717, 1.165) is 0 Å². The molecule has 0 bridgehead atoms. The first-order valence-corrected chi connectivity index (χ1v) is 6.18. The lowest BCUT2D eigenvalue weighted by atomic mass is 9.99. The van der Waals surface area contributed by atoms with Gasteiger partial charge in [0.05, 0.1) is 13.7 Å². The number of methoxy groups -OCH3 is 1. The number of rotatable bonds is 4. The SMILES string of the molecule is COc1ccc(OC2O[C@H](CO)[C@@H](O)[C@H](O)[C@@H]2O)cc1. The van der Waals surface area contributed by atoms with Crippen LogP contribution in [0.3, 0.4) is 0 Å². The summed E-state index contributed by atoms with van der Waals surface area (Å²) in [5.41, 5.74) is 0. The van der Waals surface area contributed by atoms with Crippen molar-refractivity contribution in [2.45, 2.75) is 30.7 Å². The van der Waals surface area contributed by atoms with Gasteiger partial charge in [-0.3, -0.25) is 0 Å². The number of aliphatic hydroxyl groups excluding tert-OH is 4. The van der Waals surface area contributed by atoms with Crippen molar-refractivity contribution in [1.82, 2.24) is 0 Å². The molecule has 1 fully saturated rings. The van der Waals surface area contributed by atoms with E-state index in [4.69, 9.17) is 19.3 Å². The van der Waals surface area contributed by atoms with Crippen molar-refractivity contribution < 1.29 is 34.6 Å². The third-order valence-corrected chi connectivity index (χ3v) is 3.16. The molecule has 0 spiro atoms. The summed E-state index contributed by atoms with van der Waals surface area (Å²) in [5.74, 6) is 1.04. The van der Waals surface area contributed by atoms with E-state index in [1.807, 2.05) is 0 Å². The van der Waals surface area contributed by atoms with E-state index in [1.54, 1.807) is 24.3 Å². The van der Waals surface area contributed by atoms with Gasteiger partial charge in [-0.25, -0.2) is 0 Å². The van der Waals surface area contributed by atoms with Gasteiger partial charge in [-0.2, -0.15) is 0 Å². The standard InChI is InChI=1S/C13H18O7/c1-18-7-2-4-8(5-3-7)19-13-12(17)11(16)10(15)9(6-14)20-13/h2-5,9-17H,6H2,1H3/t9-,10-,11+,12+,13?/m1/s1. The number of ether oxygens (including phenoxy) is 3. The van der Waals surface area contributed by atoms with E-state index < -0.39 is 37.3 Å². The molecule has 0 aromatic heterocycles. The topological polar surface area (TPSA) is 109 Å². The summed E-state index contributed by atoms with van der Waals surface area (Å²) in [5, 5.41) is 38.2. The fraction of sp³-hybridized carbons (Fsp3) is 0.538. The van der Waals surface area contributed by atoms with Gasteiger partial charge in [-0.05, 0) is 24.3 Å². The summed E-state index contributed by atoms with van der Waals surface area (Å²) in [6.45, 7) is -0.493. The largest absolute Gasteiger partial charge is 0.497 e. The van der Waals surface area contributed by atoms with E-state index in [9.17, 15) is 15.3 Å². The predicted molar refractivity (Wildman–Crippen MR) is 67.4 cm³/mol. The number of hydrogen-bond donors (Lipinski definition) is 4. The van der Waals surface area contributed by atoms with E-state index in [2.05, 4.69) is 0 Å². The molecular weight excluding hydrogens is 268 g/mol. The molecule has 4 N–H and O–H groups in total. The van der Waals surface area contributed by atoms with Crippen LogP contribution in [0.4, 0.5) is 0 Å². The Labute approximate surface area is 115 Å². The van der Waals surface area contributed by atoms with Gasteiger partial charge in [0.2, 0.25) is 6.29 Å². The van der Waals surface area contributed by atoms with Gasteiger partial charge in [0.15, 0.2) is 0 Å². The van der Waals surface area contributed by atoms with E-state index in [0.29, 0.717) is 11.5 Å². The smallest absolute Gasteiger partial charge is 0.229 e. The maximum atomic E-state index is 9.82. The molecule has 7 nitrogen and oxygen atoms in total. The molecule has 1 heterocycles. The van der Waals surface area contributed by atoms with Crippen LogP contribution in [-0.4, -0.2) is 64.8 Å². The Balaban J connectivity index is 2.06. The monoisotopic (exact) mass is 286 g/mol. The highest BCUT2D eigenvalue weighted by Crippen LogP contribution is 2.25. The maximum Gasteiger partial charge on any atom is 0.229 e. The Morgan fingerprint density at radius 3 is 2.15 bits per heavy atom. The lowest BCUT2D eigenvalue weighted by Crippen LogP contribution is -2.60. The van der Waals surface area contributed by atoms with Gasteiger partial charge >= 0.3 is 0 Å². The van der Waals surface area contributed by atoms with Crippen LogP contribution in [0.5, 0.6) is 11.5 Å². The Hall–Kier alpha value is -1.38. The molecule has 20 heavy (non-hydrogen) atoms. The minimum Gasteiger partial charge on any atom is -0.497 e. The Morgan fingerprint density at radius 2 is 1.60 bits per heavy atom. The average molecular weight is 286 g/mol. The van der Waals surface area contributed by atoms with Crippen LogP contribution < -0.4 is 9.47 Å². The molecule has 112 valence electrons.